The molecule has 13 nitrogen and oxygen atoms in total. The summed E-state index contributed by atoms with van der Waals surface area (Å²) in [7, 11) is -11.0. The number of ether oxygens (including phenoxy) is 1. The third kappa shape index (κ3) is 5.13. The second-order valence-corrected chi connectivity index (χ2v) is 8.43. The molecule has 0 saturated carbocycles. The predicted octanol–water partition coefficient (Wildman–Crippen LogP) is -0.812. The molecule has 2 heterocycles. The summed E-state index contributed by atoms with van der Waals surface area (Å²) in [5, 5.41) is 19.6. The Kier molecular flexibility index (Phi) is 6.22. The number of halogens is 2. The number of rotatable bonds is 6. The van der Waals surface area contributed by atoms with Gasteiger partial charge in [0.1, 0.15) is 23.5 Å². The van der Waals surface area contributed by atoms with Crippen molar-refractivity contribution in [2.45, 2.75) is 24.3 Å². The highest BCUT2D eigenvalue weighted by atomic mass is 32.1. The molecule has 1 saturated heterocycles. The fourth-order valence-electron chi connectivity index (χ4n) is 2.07. The maximum absolute atomic E-state index is 14.7. The van der Waals surface area contributed by atoms with E-state index in [2.05, 4.69) is 25.8 Å². The summed E-state index contributed by atoms with van der Waals surface area (Å²) in [6, 6.07) is 0. The van der Waals surface area contributed by atoms with Gasteiger partial charge in [0.05, 0.1) is 6.20 Å². The summed E-state index contributed by atoms with van der Waals surface area (Å²) in [5.74, 6) is -4.58. The molecule has 1 aliphatic heterocycles. The zero-order valence-electron chi connectivity index (χ0n) is 12.7. The first-order valence-corrected chi connectivity index (χ1v) is 10.1. The minimum atomic E-state index is -5.50. The average Bonchev–Trinajstić information content (AvgIpc) is 2.72. The number of hydrogen-bond acceptors (Lipinski definition) is 9. The molecule has 18 heteroatoms. The number of nitrogens with zero attached hydrogens (tertiary/aromatic N) is 1. The van der Waals surface area contributed by atoms with E-state index in [4.69, 9.17) is 14.7 Å². The average molecular weight is 456 g/mol. The molecule has 2 rings (SSSR count). The van der Waals surface area contributed by atoms with Crippen LogP contribution in [0.3, 0.4) is 0 Å². The summed E-state index contributed by atoms with van der Waals surface area (Å²) in [5.41, 5.74) is -1.14. The number of hydrogen-bond donors (Lipinski definition) is 6. The normalized spacial score (nSPS) is 31.0. The van der Waals surface area contributed by atoms with Crippen molar-refractivity contribution in [3.05, 3.63) is 27.1 Å². The van der Waals surface area contributed by atoms with Crippen molar-refractivity contribution in [3.8, 4) is 0 Å². The fourth-order valence-corrected chi connectivity index (χ4v) is 3.81. The van der Waals surface area contributed by atoms with Gasteiger partial charge in [0, 0.05) is 0 Å². The maximum Gasteiger partial charge on any atom is 0.481 e. The number of phosphoric ester groups is 1. The first-order chi connectivity index (χ1) is 12.2. The van der Waals surface area contributed by atoms with Crippen LogP contribution in [0.2, 0.25) is 0 Å². The lowest BCUT2D eigenvalue weighted by molar-refractivity contribution is -0.205. The van der Waals surface area contributed by atoms with Crippen LogP contribution in [0, 0.1) is 10.5 Å². The number of aliphatic hydroxyl groups is 2. The topological polar surface area (TPSA) is 201 Å². The Morgan fingerprint density at radius 1 is 1.37 bits per heavy atom. The molecule has 1 unspecified atom stereocenters. The van der Waals surface area contributed by atoms with Gasteiger partial charge in [0.25, 0.3) is 5.85 Å². The van der Waals surface area contributed by atoms with E-state index in [1.165, 1.54) is 0 Å². The maximum atomic E-state index is 14.7. The van der Waals surface area contributed by atoms with Crippen LogP contribution in [-0.2, 0) is 22.7 Å². The Labute approximate surface area is 152 Å². The Morgan fingerprint density at radius 2 is 1.96 bits per heavy atom. The van der Waals surface area contributed by atoms with Gasteiger partial charge in [-0.25, -0.2) is 22.7 Å². The van der Waals surface area contributed by atoms with Gasteiger partial charge in [0.15, 0.2) is 12.0 Å². The summed E-state index contributed by atoms with van der Waals surface area (Å²) in [4.78, 5) is 39.6. The molecule has 6 N–H and O–H groups in total. The Balaban J connectivity index is 2.24. The van der Waals surface area contributed by atoms with Gasteiger partial charge in [-0.3, -0.25) is 14.1 Å². The Bertz CT molecular complexity index is 933. The second kappa shape index (κ2) is 7.50. The summed E-state index contributed by atoms with van der Waals surface area (Å²) >= 11 is 4.47. The molecule has 1 aromatic rings. The van der Waals surface area contributed by atoms with Gasteiger partial charge >= 0.3 is 21.3 Å². The van der Waals surface area contributed by atoms with E-state index in [9.17, 15) is 32.9 Å². The molecule has 0 bridgehead atoms. The quantitative estimate of drug-likeness (QED) is 0.230. The molecule has 0 aliphatic carbocycles. The number of H-pyrrole nitrogens is 1. The molecular formula is C9H12F2N2O11P2S. The van der Waals surface area contributed by atoms with Gasteiger partial charge in [-0.15, -0.1) is 0 Å². The van der Waals surface area contributed by atoms with Crippen molar-refractivity contribution in [2.75, 3.05) is 6.61 Å². The number of aromatic nitrogens is 2. The minimum absolute atomic E-state index is 0.324. The predicted molar refractivity (Wildman–Crippen MR) is 80.7 cm³/mol. The van der Waals surface area contributed by atoms with Crippen molar-refractivity contribution in [3.63, 3.8) is 0 Å². The highest BCUT2D eigenvalue weighted by Gasteiger charge is 2.57. The van der Waals surface area contributed by atoms with Crippen molar-refractivity contribution in [2.24, 2.45) is 0 Å². The Morgan fingerprint density at radius 3 is 2.52 bits per heavy atom. The van der Waals surface area contributed by atoms with Crippen molar-refractivity contribution in [1.82, 2.24) is 9.55 Å². The van der Waals surface area contributed by atoms with E-state index < -0.39 is 62.7 Å². The highest BCUT2D eigenvalue weighted by Crippen LogP contribution is 2.58. The van der Waals surface area contributed by atoms with Crippen molar-refractivity contribution in [1.29, 1.82) is 0 Å². The van der Waals surface area contributed by atoms with E-state index in [0.29, 0.717) is 10.8 Å². The lowest BCUT2D eigenvalue weighted by Gasteiger charge is -2.23. The molecule has 0 amide bonds. The number of aromatic amines is 1. The monoisotopic (exact) mass is 456 g/mol. The van der Waals surface area contributed by atoms with E-state index in [0.717, 1.165) is 0 Å². The van der Waals surface area contributed by atoms with Gasteiger partial charge in [-0.2, -0.15) is 4.31 Å². The number of nitrogens with one attached hydrogen (secondary N) is 1. The molecule has 1 aliphatic rings. The van der Waals surface area contributed by atoms with E-state index in [1.54, 1.807) is 0 Å². The zero-order chi connectivity index (χ0) is 20.8. The molecule has 1 aromatic heterocycles. The van der Waals surface area contributed by atoms with Crippen LogP contribution < -0.4 is 5.69 Å². The van der Waals surface area contributed by atoms with Crippen LogP contribution in [0.5, 0.6) is 0 Å². The van der Waals surface area contributed by atoms with Gasteiger partial charge < -0.3 is 29.6 Å². The number of phosphoric acid groups is 2. The molecule has 0 spiro atoms. The summed E-state index contributed by atoms with van der Waals surface area (Å²) in [6.07, 6.45) is -6.21. The SMILES string of the molecule is O=c1[nH]c(=S)c(F)cn1[C@@H]1O[C@](F)(COP(=O)(O)OP(=O)(O)O)[C@@H](O)[C@H]1O. The van der Waals surface area contributed by atoms with Crippen LogP contribution >= 0.6 is 27.9 Å². The third-order valence-corrected chi connectivity index (χ3v) is 5.64. The molecule has 154 valence electrons. The first kappa shape index (κ1) is 22.4. The third-order valence-electron chi connectivity index (χ3n) is 3.21. The first-order valence-electron chi connectivity index (χ1n) is 6.63. The lowest BCUT2D eigenvalue weighted by Crippen LogP contribution is -2.43. The molecule has 0 radical (unpaired) electrons. The fraction of sp³-hybridized carbons (Fsp3) is 0.556. The van der Waals surface area contributed by atoms with E-state index >= 15 is 0 Å². The van der Waals surface area contributed by atoms with Crippen LogP contribution in [-0.4, -0.2) is 59.1 Å². The van der Waals surface area contributed by atoms with E-state index in [1.807, 2.05) is 4.98 Å². The van der Waals surface area contributed by atoms with Crippen molar-refractivity contribution < 1.29 is 56.4 Å². The number of alkyl halides is 1. The zero-order valence-corrected chi connectivity index (χ0v) is 15.3. The van der Waals surface area contributed by atoms with Crippen LogP contribution in [0.15, 0.2) is 11.0 Å². The van der Waals surface area contributed by atoms with Crippen molar-refractivity contribution >= 4 is 27.9 Å². The minimum Gasteiger partial charge on any atom is -0.385 e. The standard InChI is InChI=1S/C9H12F2N2O11P2S/c10-3-1-13(8(16)12-6(3)27)7-4(14)5(15)9(11,23-7)2-22-26(20,21)24-25(17,18)19/h1,4-5,7,14-15H,2H2,(H,20,21)(H,12,16,27)(H2,17,18,19)/t4-,5+,7-,9-/m1/s1. The molecular weight excluding hydrogens is 444 g/mol. The van der Waals surface area contributed by atoms with E-state index in [-0.39, 0.29) is 0 Å². The Hall–Kier alpha value is -0.900. The summed E-state index contributed by atoms with van der Waals surface area (Å²) < 4.78 is 61.9. The molecule has 0 aromatic carbocycles. The largest absolute Gasteiger partial charge is 0.481 e. The number of aliphatic hydroxyl groups excluding tert-OH is 2. The molecule has 5 atom stereocenters. The smallest absolute Gasteiger partial charge is 0.385 e. The van der Waals surface area contributed by atoms with Gasteiger partial charge in [-0.1, -0.05) is 12.2 Å². The van der Waals surface area contributed by atoms with Crippen LogP contribution in [0.1, 0.15) is 6.23 Å². The highest BCUT2D eigenvalue weighted by molar-refractivity contribution is 7.71. The summed E-state index contributed by atoms with van der Waals surface area (Å²) in [6.45, 7) is -1.66. The van der Waals surface area contributed by atoms with Gasteiger partial charge in [-0.05, 0) is 0 Å². The molecule has 27 heavy (non-hydrogen) atoms. The van der Waals surface area contributed by atoms with Crippen LogP contribution in [0.4, 0.5) is 8.78 Å². The second-order valence-electron chi connectivity index (χ2n) is 5.19. The molecule has 1 fully saturated rings. The van der Waals surface area contributed by atoms with Gasteiger partial charge in [0.2, 0.25) is 0 Å². The lowest BCUT2D eigenvalue weighted by atomic mass is 10.1. The van der Waals surface area contributed by atoms with Crippen LogP contribution in [0.25, 0.3) is 0 Å².